The van der Waals surface area contributed by atoms with Crippen LogP contribution >= 0.6 is 0 Å². The van der Waals surface area contributed by atoms with Gasteiger partial charge in [-0.1, -0.05) is 56.4 Å². The van der Waals surface area contributed by atoms with Crippen LogP contribution in [0.2, 0.25) is 0 Å². The molecule has 0 bridgehead atoms. The Bertz CT molecular complexity index is 506. The molecule has 0 unspecified atom stereocenters. The lowest BCUT2D eigenvalue weighted by atomic mass is 10.1. The highest BCUT2D eigenvalue weighted by Gasteiger charge is 2.05. The van der Waals surface area contributed by atoms with Crippen molar-refractivity contribution < 1.29 is 0 Å². The Morgan fingerprint density at radius 1 is 1.05 bits per heavy atom. The van der Waals surface area contributed by atoms with Crippen molar-refractivity contribution in [1.29, 1.82) is 0 Å². The Morgan fingerprint density at radius 2 is 1.80 bits per heavy atom. The van der Waals surface area contributed by atoms with E-state index < -0.39 is 0 Å². The SMILES string of the molecule is CCCCCCCCN(C)Cn1nnc2ccccc21. The van der Waals surface area contributed by atoms with Crippen LogP contribution in [-0.4, -0.2) is 33.5 Å². The predicted octanol–water partition coefficient (Wildman–Crippen LogP) is 3.68. The summed E-state index contributed by atoms with van der Waals surface area (Å²) in [6.45, 7) is 4.20. The van der Waals surface area contributed by atoms with Gasteiger partial charge in [-0.05, 0) is 32.1 Å². The average Bonchev–Trinajstić information content (AvgIpc) is 2.86. The molecule has 20 heavy (non-hydrogen) atoms. The molecule has 0 saturated heterocycles. The maximum atomic E-state index is 4.23. The summed E-state index contributed by atoms with van der Waals surface area (Å²) in [4.78, 5) is 2.32. The number of benzene rings is 1. The van der Waals surface area contributed by atoms with E-state index in [4.69, 9.17) is 0 Å². The smallest absolute Gasteiger partial charge is 0.113 e. The lowest BCUT2D eigenvalue weighted by Gasteiger charge is -2.16. The first-order valence-electron chi connectivity index (χ1n) is 7.78. The van der Waals surface area contributed by atoms with E-state index in [-0.39, 0.29) is 0 Å². The summed E-state index contributed by atoms with van der Waals surface area (Å²) >= 11 is 0. The fourth-order valence-corrected chi connectivity index (χ4v) is 2.48. The van der Waals surface area contributed by atoms with Crippen molar-refractivity contribution in [2.45, 2.75) is 52.1 Å². The normalized spacial score (nSPS) is 11.6. The summed E-state index contributed by atoms with van der Waals surface area (Å²) in [5.74, 6) is 0. The molecule has 0 N–H and O–H groups in total. The van der Waals surface area contributed by atoms with E-state index in [1.807, 2.05) is 22.9 Å². The summed E-state index contributed by atoms with van der Waals surface area (Å²) < 4.78 is 1.98. The molecule has 2 rings (SSSR count). The minimum atomic E-state index is 0.815. The molecular weight excluding hydrogens is 248 g/mol. The van der Waals surface area contributed by atoms with Crippen LogP contribution in [0.15, 0.2) is 24.3 Å². The summed E-state index contributed by atoms with van der Waals surface area (Å²) in [6, 6.07) is 8.12. The molecule has 0 saturated carbocycles. The van der Waals surface area contributed by atoms with Gasteiger partial charge in [0, 0.05) is 0 Å². The van der Waals surface area contributed by atoms with E-state index in [9.17, 15) is 0 Å². The highest BCUT2D eigenvalue weighted by Crippen LogP contribution is 2.10. The molecule has 0 aliphatic heterocycles. The van der Waals surface area contributed by atoms with Crippen molar-refractivity contribution in [2.24, 2.45) is 0 Å². The second kappa shape index (κ2) is 8.00. The summed E-state index contributed by atoms with van der Waals surface area (Å²) in [7, 11) is 2.16. The largest absolute Gasteiger partial charge is 0.287 e. The molecule has 0 radical (unpaired) electrons. The zero-order valence-corrected chi connectivity index (χ0v) is 12.8. The van der Waals surface area contributed by atoms with Gasteiger partial charge < -0.3 is 0 Å². The third kappa shape index (κ3) is 4.30. The van der Waals surface area contributed by atoms with E-state index in [1.165, 1.54) is 38.5 Å². The Hall–Kier alpha value is -1.42. The van der Waals surface area contributed by atoms with Crippen LogP contribution < -0.4 is 0 Å². The lowest BCUT2D eigenvalue weighted by Crippen LogP contribution is -2.23. The number of hydrogen-bond acceptors (Lipinski definition) is 3. The van der Waals surface area contributed by atoms with Gasteiger partial charge in [-0.15, -0.1) is 5.10 Å². The Balaban J connectivity index is 1.73. The van der Waals surface area contributed by atoms with Crippen LogP contribution in [0.5, 0.6) is 0 Å². The molecule has 0 fully saturated rings. The quantitative estimate of drug-likeness (QED) is 0.654. The number of rotatable bonds is 9. The summed E-state index contributed by atoms with van der Waals surface area (Å²) in [5.41, 5.74) is 2.09. The lowest BCUT2D eigenvalue weighted by molar-refractivity contribution is 0.250. The van der Waals surface area contributed by atoms with E-state index >= 15 is 0 Å². The number of para-hydroxylation sites is 1. The van der Waals surface area contributed by atoms with Crippen molar-refractivity contribution in [2.75, 3.05) is 13.6 Å². The number of aromatic nitrogens is 3. The van der Waals surface area contributed by atoms with Crippen LogP contribution in [0, 0.1) is 0 Å². The van der Waals surface area contributed by atoms with Gasteiger partial charge in [-0.2, -0.15) is 0 Å². The van der Waals surface area contributed by atoms with E-state index in [1.54, 1.807) is 0 Å². The molecule has 0 aliphatic rings. The van der Waals surface area contributed by atoms with E-state index in [0.29, 0.717) is 0 Å². The van der Waals surface area contributed by atoms with Gasteiger partial charge in [0.2, 0.25) is 0 Å². The number of fused-ring (bicyclic) bond motifs is 1. The van der Waals surface area contributed by atoms with Crippen molar-refractivity contribution in [1.82, 2.24) is 19.9 Å². The first kappa shape index (κ1) is 15.0. The summed E-state index contributed by atoms with van der Waals surface area (Å²) in [6.07, 6.45) is 8.05. The number of unbranched alkanes of at least 4 members (excludes halogenated alkanes) is 5. The molecule has 0 amide bonds. The second-order valence-corrected chi connectivity index (χ2v) is 5.57. The Labute approximate surface area is 121 Å². The molecule has 4 heteroatoms. The zero-order valence-electron chi connectivity index (χ0n) is 12.8. The van der Waals surface area contributed by atoms with Crippen LogP contribution in [-0.2, 0) is 6.67 Å². The fraction of sp³-hybridized carbons (Fsp3) is 0.625. The Morgan fingerprint density at radius 3 is 2.65 bits per heavy atom. The molecule has 0 atom stereocenters. The molecule has 0 aliphatic carbocycles. The minimum Gasteiger partial charge on any atom is -0.287 e. The van der Waals surface area contributed by atoms with Crippen molar-refractivity contribution >= 4 is 11.0 Å². The standard InChI is InChI=1S/C16H26N4/c1-3-4-5-6-7-10-13-19(2)14-20-16-12-9-8-11-15(16)17-18-20/h8-9,11-12H,3-7,10,13-14H2,1-2H3. The topological polar surface area (TPSA) is 34.0 Å². The van der Waals surface area contributed by atoms with Crippen LogP contribution in [0.25, 0.3) is 11.0 Å². The maximum absolute atomic E-state index is 4.23. The third-order valence-electron chi connectivity index (χ3n) is 3.69. The Kier molecular flexibility index (Phi) is 5.99. The van der Waals surface area contributed by atoms with Gasteiger partial charge in [0.05, 0.1) is 12.2 Å². The van der Waals surface area contributed by atoms with Crippen LogP contribution in [0.3, 0.4) is 0 Å². The van der Waals surface area contributed by atoms with Crippen molar-refractivity contribution in [3.63, 3.8) is 0 Å². The molecule has 4 nitrogen and oxygen atoms in total. The van der Waals surface area contributed by atoms with Gasteiger partial charge >= 0.3 is 0 Å². The molecule has 2 aromatic rings. The molecule has 1 heterocycles. The van der Waals surface area contributed by atoms with Gasteiger partial charge in [0.1, 0.15) is 5.52 Å². The van der Waals surface area contributed by atoms with Crippen molar-refractivity contribution in [3.8, 4) is 0 Å². The van der Waals surface area contributed by atoms with E-state index in [0.717, 1.165) is 24.2 Å². The average molecular weight is 274 g/mol. The monoisotopic (exact) mass is 274 g/mol. The first-order chi connectivity index (χ1) is 9.81. The zero-order chi connectivity index (χ0) is 14.2. The van der Waals surface area contributed by atoms with Crippen LogP contribution in [0.1, 0.15) is 45.4 Å². The number of nitrogens with zero attached hydrogens (tertiary/aromatic N) is 4. The van der Waals surface area contributed by atoms with Gasteiger partial charge in [0.15, 0.2) is 0 Å². The minimum absolute atomic E-state index is 0.815. The number of hydrogen-bond donors (Lipinski definition) is 0. The van der Waals surface area contributed by atoms with Gasteiger partial charge in [-0.25, -0.2) is 4.68 Å². The highest BCUT2D eigenvalue weighted by atomic mass is 15.5. The predicted molar refractivity (Wildman–Crippen MR) is 83.5 cm³/mol. The molecule has 1 aromatic heterocycles. The van der Waals surface area contributed by atoms with Gasteiger partial charge in [-0.3, -0.25) is 4.90 Å². The highest BCUT2D eigenvalue weighted by molar-refractivity contribution is 5.73. The van der Waals surface area contributed by atoms with Crippen LogP contribution in [0.4, 0.5) is 0 Å². The molecular formula is C16H26N4. The summed E-state index contributed by atoms with van der Waals surface area (Å²) in [5, 5.41) is 8.42. The van der Waals surface area contributed by atoms with Gasteiger partial charge in [0.25, 0.3) is 0 Å². The molecule has 0 spiro atoms. The third-order valence-corrected chi connectivity index (χ3v) is 3.69. The van der Waals surface area contributed by atoms with Crippen molar-refractivity contribution in [3.05, 3.63) is 24.3 Å². The van der Waals surface area contributed by atoms with E-state index in [2.05, 4.69) is 35.2 Å². The molecule has 110 valence electrons. The second-order valence-electron chi connectivity index (χ2n) is 5.57. The molecule has 1 aromatic carbocycles. The first-order valence-corrected chi connectivity index (χ1v) is 7.78. The maximum Gasteiger partial charge on any atom is 0.113 e. The fourth-order valence-electron chi connectivity index (χ4n) is 2.48.